The molecule has 1 aliphatic rings. The molecule has 7 heteroatoms. The molecular weight excluding hydrogens is 244 g/mol. The maximum Gasteiger partial charge on any atom is 0.157 e. The fourth-order valence-corrected chi connectivity index (χ4v) is 1.95. The highest BCUT2D eigenvalue weighted by Crippen LogP contribution is 2.28. The van der Waals surface area contributed by atoms with Crippen molar-refractivity contribution < 1.29 is 9.84 Å². The summed E-state index contributed by atoms with van der Waals surface area (Å²) in [6.07, 6.45) is 1.16. The van der Waals surface area contributed by atoms with Crippen LogP contribution < -0.4 is 10.6 Å². The van der Waals surface area contributed by atoms with Gasteiger partial charge < -0.3 is 20.5 Å². The molecule has 0 bridgehead atoms. The minimum absolute atomic E-state index is 0.0259. The molecule has 2 heterocycles. The third kappa shape index (κ3) is 2.43. The zero-order valence-electron chi connectivity index (χ0n) is 9.51. The van der Waals surface area contributed by atoms with Gasteiger partial charge in [0, 0.05) is 6.54 Å². The SMILES string of the molecule is CC1COC(CO)CN1c1ncnc(Cl)c1N. The van der Waals surface area contributed by atoms with E-state index in [4.69, 9.17) is 27.2 Å². The Hall–Kier alpha value is -1.11. The summed E-state index contributed by atoms with van der Waals surface area (Å²) >= 11 is 5.87. The average molecular weight is 259 g/mol. The zero-order valence-corrected chi connectivity index (χ0v) is 10.3. The lowest BCUT2D eigenvalue weighted by molar-refractivity contribution is -0.0105. The fourth-order valence-electron chi connectivity index (χ4n) is 1.82. The van der Waals surface area contributed by atoms with E-state index in [0.29, 0.717) is 24.7 Å². The van der Waals surface area contributed by atoms with Crippen LogP contribution in [0.15, 0.2) is 6.33 Å². The van der Waals surface area contributed by atoms with E-state index in [0.717, 1.165) is 0 Å². The number of nitrogen functional groups attached to an aromatic ring is 1. The third-order valence-corrected chi connectivity index (χ3v) is 3.10. The van der Waals surface area contributed by atoms with Crippen LogP contribution in [0.1, 0.15) is 6.92 Å². The van der Waals surface area contributed by atoms with Gasteiger partial charge in [-0.05, 0) is 6.92 Å². The summed E-state index contributed by atoms with van der Waals surface area (Å²) in [5.41, 5.74) is 6.22. The summed E-state index contributed by atoms with van der Waals surface area (Å²) in [7, 11) is 0. The van der Waals surface area contributed by atoms with Gasteiger partial charge in [-0.15, -0.1) is 0 Å². The van der Waals surface area contributed by atoms with E-state index >= 15 is 0 Å². The molecule has 17 heavy (non-hydrogen) atoms. The molecule has 0 amide bonds. The molecule has 6 nitrogen and oxygen atoms in total. The molecule has 0 radical (unpaired) electrons. The van der Waals surface area contributed by atoms with Crippen molar-refractivity contribution in [3.05, 3.63) is 11.5 Å². The molecule has 94 valence electrons. The zero-order chi connectivity index (χ0) is 12.4. The van der Waals surface area contributed by atoms with Gasteiger partial charge in [0.05, 0.1) is 25.4 Å². The van der Waals surface area contributed by atoms with E-state index in [1.165, 1.54) is 6.33 Å². The summed E-state index contributed by atoms with van der Waals surface area (Å²) in [6.45, 7) is 3.03. The van der Waals surface area contributed by atoms with Crippen LogP contribution in [0.5, 0.6) is 0 Å². The van der Waals surface area contributed by atoms with Gasteiger partial charge in [0.15, 0.2) is 11.0 Å². The largest absolute Gasteiger partial charge is 0.394 e. The van der Waals surface area contributed by atoms with Crippen molar-refractivity contribution in [2.75, 3.05) is 30.4 Å². The minimum atomic E-state index is -0.223. The van der Waals surface area contributed by atoms with Crippen molar-refractivity contribution in [3.63, 3.8) is 0 Å². The highest BCUT2D eigenvalue weighted by molar-refractivity contribution is 6.32. The van der Waals surface area contributed by atoms with Crippen molar-refractivity contribution in [1.82, 2.24) is 9.97 Å². The van der Waals surface area contributed by atoms with Crippen molar-refractivity contribution in [2.45, 2.75) is 19.1 Å². The monoisotopic (exact) mass is 258 g/mol. The number of nitrogens with zero attached hydrogens (tertiary/aromatic N) is 3. The molecule has 1 fully saturated rings. The molecule has 1 aliphatic heterocycles. The molecular formula is C10H15ClN4O2. The van der Waals surface area contributed by atoms with Crippen LogP contribution in [0.3, 0.4) is 0 Å². The first-order chi connectivity index (χ1) is 8.13. The molecule has 2 rings (SSSR count). The summed E-state index contributed by atoms with van der Waals surface area (Å²) in [6, 6.07) is 0.131. The Morgan fingerprint density at radius 2 is 2.41 bits per heavy atom. The van der Waals surface area contributed by atoms with E-state index in [-0.39, 0.29) is 23.9 Å². The number of ether oxygens (including phenoxy) is 1. The molecule has 0 spiro atoms. The smallest absolute Gasteiger partial charge is 0.157 e. The van der Waals surface area contributed by atoms with E-state index in [9.17, 15) is 0 Å². The number of hydrogen-bond acceptors (Lipinski definition) is 6. The van der Waals surface area contributed by atoms with Crippen LogP contribution in [-0.4, -0.2) is 47.0 Å². The number of morpholine rings is 1. The van der Waals surface area contributed by atoms with Crippen LogP contribution in [0.4, 0.5) is 11.5 Å². The fraction of sp³-hybridized carbons (Fsp3) is 0.600. The Bertz CT molecular complexity index is 404. The number of nitrogens with two attached hydrogens (primary N) is 1. The van der Waals surface area contributed by atoms with Crippen molar-refractivity contribution in [3.8, 4) is 0 Å². The standard InChI is InChI=1S/C10H15ClN4O2/c1-6-4-17-7(3-16)2-15(6)10-8(12)9(11)13-5-14-10/h5-7,16H,2-4,12H2,1H3. The van der Waals surface area contributed by atoms with E-state index < -0.39 is 0 Å². The molecule has 1 aromatic heterocycles. The molecule has 0 aliphatic carbocycles. The van der Waals surface area contributed by atoms with Gasteiger partial charge in [0.2, 0.25) is 0 Å². The molecule has 3 N–H and O–H groups in total. The number of aromatic nitrogens is 2. The van der Waals surface area contributed by atoms with E-state index in [1.807, 2.05) is 11.8 Å². The van der Waals surface area contributed by atoms with E-state index in [2.05, 4.69) is 9.97 Å². The van der Waals surface area contributed by atoms with Gasteiger partial charge in [0.25, 0.3) is 0 Å². The third-order valence-electron chi connectivity index (χ3n) is 2.80. The predicted octanol–water partition coefficient (Wildman–Crippen LogP) is 0.298. The van der Waals surface area contributed by atoms with Gasteiger partial charge >= 0.3 is 0 Å². The molecule has 1 saturated heterocycles. The molecule has 0 saturated carbocycles. The number of halogens is 1. The van der Waals surface area contributed by atoms with Gasteiger partial charge in [-0.3, -0.25) is 0 Å². The lowest BCUT2D eigenvalue weighted by Crippen LogP contribution is -2.50. The Balaban J connectivity index is 2.27. The molecule has 0 aromatic carbocycles. The minimum Gasteiger partial charge on any atom is -0.394 e. The normalized spacial score (nSPS) is 25.0. The highest BCUT2D eigenvalue weighted by Gasteiger charge is 2.28. The first-order valence-electron chi connectivity index (χ1n) is 5.38. The van der Waals surface area contributed by atoms with Crippen LogP contribution in [0.25, 0.3) is 0 Å². The topological polar surface area (TPSA) is 84.5 Å². The molecule has 2 unspecified atom stereocenters. The van der Waals surface area contributed by atoms with Crippen molar-refractivity contribution in [2.24, 2.45) is 0 Å². The van der Waals surface area contributed by atoms with Gasteiger partial charge in [-0.1, -0.05) is 11.6 Å². The number of anilines is 2. The Morgan fingerprint density at radius 1 is 1.65 bits per heavy atom. The predicted molar refractivity (Wildman–Crippen MR) is 65.1 cm³/mol. The first-order valence-corrected chi connectivity index (χ1v) is 5.76. The van der Waals surface area contributed by atoms with Gasteiger partial charge in [-0.25, -0.2) is 9.97 Å². The van der Waals surface area contributed by atoms with Crippen LogP contribution >= 0.6 is 11.6 Å². The van der Waals surface area contributed by atoms with Crippen molar-refractivity contribution >= 4 is 23.1 Å². The second-order valence-corrected chi connectivity index (χ2v) is 4.40. The first kappa shape index (κ1) is 12.3. The highest BCUT2D eigenvalue weighted by atomic mass is 35.5. The van der Waals surface area contributed by atoms with Gasteiger partial charge in [0.1, 0.15) is 12.0 Å². The van der Waals surface area contributed by atoms with Crippen LogP contribution in [-0.2, 0) is 4.74 Å². The lowest BCUT2D eigenvalue weighted by atomic mass is 10.2. The Kier molecular flexibility index (Phi) is 3.66. The molecule has 1 aromatic rings. The van der Waals surface area contributed by atoms with Gasteiger partial charge in [-0.2, -0.15) is 0 Å². The quantitative estimate of drug-likeness (QED) is 0.742. The number of hydrogen-bond donors (Lipinski definition) is 2. The number of rotatable bonds is 2. The second-order valence-electron chi connectivity index (χ2n) is 4.04. The second kappa shape index (κ2) is 5.03. The maximum absolute atomic E-state index is 9.12. The Labute approximate surface area is 104 Å². The van der Waals surface area contributed by atoms with Crippen LogP contribution in [0, 0.1) is 0 Å². The Morgan fingerprint density at radius 3 is 3.12 bits per heavy atom. The van der Waals surface area contributed by atoms with Crippen molar-refractivity contribution in [1.29, 1.82) is 0 Å². The summed E-state index contributed by atoms with van der Waals surface area (Å²) in [4.78, 5) is 9.95. The number of aliphatic hydroxyl groups excluding tert-OH is 1. The average Bonchev–Trinajstić information content (AvgIpc) is 2.34. The van der Waals surface area contributed by atoms with E-state index in [1.54, 1.807) is 0 Å². The lowest BCUT2D eigenvalue weighted by Gasteiger charge is -2.38. The summed E-state index contributed by atoms with van der Waals surface area (Å²) in [5.74, 6) is 0.597. The summed E-state index contributed by atoms with van der Waals surface area (Å²) < 4.78 is 5.45. The number of aliphatic hydroxyl groups is 1. The maximum atomic E-state index is 9.12. The molecule has 2 atom stereocenters. The van der Waals surface area contributed by atoms with Crippen LogP contribution in [0.2, 0.25) is 5.15 Å². The summed E-state index contributed by atoms with van der Waals surface area (Å²) in [5, 5.41) is 9.37.